The van der Waals surface area contributed by atoms with Crippen molar-refractivity contribution in [2.75, 3.05) is 19.6 Å². The predicted octanol–water partition coefficient (Wildman–Crippen LogP) is -0.302. The Balaban J connectivity index is 2.99. The van der Waals surface area contributed by atoms with Crippen molar-refractivity contribution in [2.24, 2.45) is 0 Å². The largest absolute Gasteiger partial charge is 0.317 e. The van der Waals surface area contributed by atoms with Gasteiger partial charge in [0, 0.05) is 0 Å². The van der Waals surface area contributed by atoms with Crippen LogP contribution in [-0.4, -0.2) is 36.1 Å². The normalized spacial score (nSPS) is 9.25. The van der Waals surface area contributed by atoms with Gasteiger partial charge in [-0.1, -0.05) is 0 Å². The van der Waals surface area contributed by atoms with Crippen LogP contribution in [0, 0.1) is 0 Å². The van der Waals surface area contributed by atoms with Crippen LogP contribution >= 0.6 is 0 Å². The van der Waals surface area contributed by atoms with Gasteiger partial charge in [-0.3, -0.25) is 0 Å². The number of hydrogen-bond donors (Lipinski definition) is 2. The first kappa shape index (κ1) is 7.59. The molecule has 0 heterocycles. The summed E-state index contributed by atoms with van der Waals surface area (Å²) >= 11 is 0. The van der Waals surface area contributed by atoms with Gasteiger partial charge in [0.2, 0.25) is 0 Å². The van der Waals surface area contributed by atoms with Gasteiger partial charge < -0.3 is 5.21 Å². The summed E-state index contributed by atoms with van der Waals surface area (Å²) in [4.78, 5) is 0. The van der Waals surface area contributed by atoms with E-state index in [1.807, 2.05) is 11.5 Å². The van der Waals surface area contributed by atoms with E-state index in [1.165, 1.54) is 0 Å². The molecule has 0 aromatic rings. The molecular formula is C5H13N2O+. The van der Waals surface area contributed by atoms with Crippen LogP contribution in [0.4, 0.5) is 0 Å². The molecule has 8 heavy (non-hydrogen) atoms. The van der Waals surface area contributed by atoms with Crippen LogP contribution in [-0.2, 0) is 0 Å². The third-order valence-corrected chi connectivity index (χ3v) is 0.987. The summed E-state index contributed by atoms with van der Waals surface area (Å²) in [6.45, 7) is 7.98. The van der Waals surface area contributed by atoms with Crippen LogP contribution in [0.1, 0.15) is 6.92 Å². The minimum Gasteiger partial charge on any atom is -0.317 e. The van der Waals surface area contributed by atoms with Crippen LogP contribution in [0.15, 0.2) is 0 Å². The molecule has 0 amide bonds. The third kappa shape index (κ3) is 3.77. The van der Waals surface area contributed by atoms with Crippen LogP contribution in [0.3, 0.4) is 0 Å². The van der Waals surface area contributed by atoms with Crippen LogP contribution in [0.25, 0.3) is 0 Å². The van der Waals surface area contributed by atoms with Crippen molar-refractivity contribution in [1.29, 1.82) is 0 Å². The zero-order valence-corrected chi connectivity index (χ0v) is 5.22. The summed E-state index contributed by atoms with van der Waals surface area (Å²) in [6.07, 6.45) is 0. The van der Waals surface area contributed by atoms with Crippen LogP contribution < -0.4 is 5.48 Å². The molecule has 0 radical (unpaired) electrons. The zero-order chi connectivity index (χ0) is 6.41. The van der Waals surface area contributed by atoms with Gasteiger partial charge in [-0.25, -0.2) is 4.58 Å². The second-order valence-electron chi connectivity index (χ2n) is 1.62. The Hall–Kier alpha value is -0.410. The molecule has 0 aliphatic carbocycles. The molecule has 0 fully saturated rings. The monoisotopic (exact) mass is 117 g/mol. The van der Waals surface area contributed by atoms with Crippen LogP contribution in [0.5, 0.6) is 0 Å². The molecule has 0 aromatic heterocycles. The van der Waals surface area contributed by atoms with Crippen molar-refractivity contribution in [3.63, 3.8) is 0 Å². The van der Waals surface area contributed by atoms with Crippen LogP contribution in [0.2, 0.25) is 0 Å². The first-order chi connectivity index (χ1) is 3.81. The first-order valence-electron chi connectivity index (χ1n) is 2.73. The number of nitrogens with zero attached hydrogens (tertiary/aromatic N) is 1. The van der Waals surface area contributed by atoms with Crippen molar-refractivity contribution in [1.82, 2.24) is 5.48 Å². The van der Waals surface area contributed by atoms with E-state index in [0.29, 0.717) is 6.54 Å². The lowest BCUT2D eigenvalue weighted by molar-refractivity contribution is -0.514. The smallest absolute Gasteiger partial charge is 0.156 e. The van der Waals surface area contributed by atoms with E-state index < -0.39 is 0 Å². The highest BCUT2D eigenvalue weighted by molar-refractivity contribution is 5.14. The lowest BCUT2D eigenvalue weighted by Gasteiger charge is -1.94. The highest BCUT2D eigenvalue weighted by Gasteiger charge is 1.91. The molecule has 2 N–H and O–H groups in total. The van der Waals surface area contributed by atoms with Gasteiger partial charge in [0.15, 0.2) is 6.54 Å². The van der Waals surface area contributed by atoms with E-state index in [2.05, 4.69) is 12.2 Å². The Labute approximate surface area is 49.6 Å². The average molecular weight is 117 g/mol. The molecule has 0 saturated carbocycles. The lowest BCUT2D eigenvalue weighted by atomic mass is 10.6. The van der Waals surface area contributed by atoms with E-state index in [0.717, 1.165) is 13.1 Å². The second kappa shape index (κ2) is 4.74. The number of nitrogens with one attached hydrogen (secondary N) is 1. The standard InChI is InChI=1S/C5H13N2O/c1-3-7(2)5-4-6-8/h6,8H,2-5H2,1H3/q+1. The van der Waals surface area contributed by atoms with Gasteiger partial charge in [-0.05, 0) is 6.92 Å². The minimum absolute atomic E-state index is 0.581. The molecule has 0 aromatic carbocycles. The third-order valence-electron chi connectivity index (χ3n) is 0.987. The fourth-order valence-electron chi connectivity index (χ4n) is 0.366. The summed E-state index contributed by atoms with van der Waals surface area (Å²) in [5, 5.41) is 8.11. The summed E-state index contributed by atoms with van der Waals surface area (Å²) in [7, 11) is 0. The van der Waals surface area contributed by atoms with E-state index in [-0.39, 0.29) is 0 Å². The van der Waals surface area contributed by atoms with E-state index >= 15 is 0 Å². The van der Waals surface area contributed by atoms with E-state index in [1.54, 1.807) is 0 Å². The predicted molar refractivity (Wildman–Crippen MR) is 32.6 cm³/mol. The quantitative estimate of drug-likeness (QED) is 0.301. The summed E-state index contributed by atoms with van der Waals surface area (Å²) in [6, 6.07) is 0. The Bertz CT molecular complexity index is 72.8. The summed E-state index contributed by atoms with van der Waals surface area (Å²) in [5.41, 5.74) is 2.05. The van der Waals surface area contributed by atoms with Gasteiger partial charge in [0.05, 0.1) is 6.54 Å². The molecule has 48 valence electrons. The molecule has 0 saturated heterocycles. The lowest BCUT2D eigenvalue weighted by Crippen LogP contribution is -2.21. The molecule has 0 bridgehead atoms. The fraction of sp³-hybridized carbons (Fsp3) is 0.800. The van der Waals surface area contributed by atoms with Gasteiger partial charge in [-0.2, -0.15) is 5.48 Å². The molecule has 3 heteroatoms. The SMILES string of the molecule is C=[N+](CC)CCNO. The van der Waals surface area contributed by atoms with Crippen molar-refractivity contribution in [2.45, 2.75) is 6.92 Å². The fourth-order valence-corrected chi connectivity index (χ4v) is 0.366. The molecule has 0 unspecified atom stereocenters. The van der Waals surface area contributed by atoms with Gasteiger partial charge in [-0.15, -0.1) is 0 Å². The number of rotatable bonds is 4. The van der Waals surface area contributed by atoms with Crippen molar-refractivity contribution >= 4 is 6.72 Å². The van der Waals surface area contributed by atoms with Crippen molar-refractivity contribution < 1.29 is 9.78 Å². The maximum Gasteiger partial charge on any atom is 0.156 e. The maximum atomic E-state index is 8.11. The zero-order valence-electron chi connectivity index (χ0n) is 5.22. The summed E-state index contributed by atoms with van der Waals surface area (Å²) < 4.78 is 1.86. The average Bonchev–Trinajstić information content (AvgIpc) is 1.83. The highest BCUT2D eigenvalue weighted by atomic mass is 16.5. The highest BCUT2D eigenvalue weighted by Crippen LogP contribution is 1.66. The first-order valence-corrected chi connectivity index (χ1v) is 2.73. The molecule has 0 rings (SSSR count). The van der Waals surface area contributed by atoms with Gasteiger partial charge >= 0.3 is 0 Å². The maximum absolute atomic E-state index is 8.11. The molecule has 0 aliphatic heterocycles. The Morgan fingerprint density at radius 3 is 2.75 bits per heavy atom. The number of hydrogen-bond acceptors (Lipinski definition) is 2. The molecule has 0 atom stereocenters. The molecular weight excluding hydrogens is 104 g/mol. The second-order valence-corrected chi connectivity index (χ2v) is 1.62. The summed E-state index contributed by atoms with van der Waals surface area (Å²) in [5.74, 6) is 0. The number of likely N-dealkylation sites (N-methyl/N-ethyl adjacent to an activating group) is 1. The van der Waals surface area contributed by atoms with Crippen molar-refractivity contribution in [3.05, 3.63) is 0 Å². The number of hydroxylamine groups is 1. The van der Waals surface area contributed by atoms with Crippen molar-refractivity contribution in [3.8, 4) is 0 Å². The molecule has 0 aliphatic rings. The Morgan fingerprint density at radius 2 is 2.38 bits per heavy atom. The molecule has 3 nitrogen and oxygen atoms in total. The van der Waals surface area contributed by atoms with E-state index in [9.17, 15) is 0 Å². The van der Waals surface area contributed by atoms with E-state index in [4.69, 9.17) is 5.21 Å². The Kier molecular flexibility index (Phi) is 4.50. The van der Waals surface area contributed by atoms with Gasteiger partial charge in [0.1, 0.15) is 13.3 Å². The van der Waals surface area contributed by atoms with Gasteiger partial charge in [0.25, 0.3) is 0 Å². The topological polar surface area (TPSA) is 35.3 Å². The molecule has 0 spiro atoms. The minimum atomic E-state index is 0.581. The Morgan fingerprint density at radius 1 is 1.75 bits per heavy atom.